The molecular formula is C21H15N5O5. The molecule has 0 saturated carbocycles. The first kappa shape index (κ1) is 18.6. The zero-order chi connectivity index (χ0) is 21.4. The van der Waals surface area contributed by atoms with Crippen molar-refractivity contribution in [1.29, 1.82) is 0 Å². The second kappa shape index (κ2) is 7.41. The van der Waals surface area contributed by atoms with Crippen molar-refractivity contribution < 1.29 is 18.5 Å². The van der Waals surface area contributed by atoms with Gasteiger partial charge in [-0.25, -0.2) is 18.7 Å². The summed E-state index contributed by atoms with van der Waals surface area (Å²) in [6.07, 6.45) is 1.60. The van der Waals surface area contributed by atoms with Gasteiger partial charge in [0, 0.05) is 11.8 Å². The summed E-state index contributed by atoms with van der Waals surface area (Å²) >= 11 is 0. The fourth-order valence-electron chi connectivity index (χ4n) is 3.17. The third-order valence-corrected chi connectivity index (χ3v) is 4.65. The molecule has 0 amide bonds. The number of rotatable bonds is 5. The van der Waals surface area contributed by atoms with Gasteiger partial charge in [0.15, 0.2) is 5.65 Å². The molecule has 0 saturated heterocycles. The van der Waals surface area contributed by atoms with E-state index < -0.39 is 5.97 Å². The summed E-state index contributed by atoms with van der Waals surface area (Å²) in [6, 6.07) is 15.9. The van der Waals surface area contributed by atoms with Crippen LogP contribution < -0.4 is 5.69 Å². The maximum Gasteiger partial charge on any atom is 0.373 e. The highest BCUT2D eigenvalue weighted by Gasteiger charge is 2.19. The second-order valence-electron chi connectivity index (χ2n) is 6.60. The number of fused-ring (bicyclic) bond motifs is 1. The number of benzene rings is 1. The van der Waals surface area contributed by atoms with Crippen molar-refractivity contribution in [2.24, 2.45) is 0 Å². The fraction of sp³-hybridized carbons (Fsp3) is 0.0952. The van der Waals surface area contributed by atoms with Crippen molar-refractivity contribution in [2.75, 3.05) is 7.11 Å². The quantitative estimate of drug-likeness (QED) is 0.401. The van der Waals surface area contributed by atoms with Gasteiger partial charge in [0.2, 0.25) is 11.6 Å². The summed E-state index contributed by atoms with van der Waals surface area (Å²) in [5.74, 6) is 0.519. The second-order valence-corrected chi connectivity index (χ2v) is 6.60. The Kier molecular flexibility index (Phi) is 4.43. The Bertz CT molecular complexity index is 1440. The Labute approximate surface area is 174 Å². The van der Waals surface area contributed by atoms with E-state index in [0.717, 1.165) is 5.56 Å². The minimum atomic E-state index is -0.596. The van der Waals surface area contributed by atoms with Gasteiger partial charge in [-0.1, -0.05) is 35.5 Å². The average molecular weight is 417 g/mol. The van der Waals surface area contributed by atoms with Gasteiger partial charge < -0.3 is 13.7 Å². The number of nitrogens with zero attached hydrogens (tertiary/aromatic N) is 5. The highest BCUT2D eigenvalue weighted by Crippen LogP contribution is 2.24. The largest absolute Gasteiger partial charge is 0.463 e. The Morgan fingerprint density at radius 2 is 1.94 bits per heavy atom. The molecule has 0 atom stereocenters. The molecule has 0 N–H and O–H groups in total. The van der Waals surface area contributed by atoms with Crippen LogP contribution in [0.4, 0.5) is 0 Å². The summed E-state index contributed by atoms with van der Waals surface area (Å²) in [5, 5.41) is 8.43. The number of carbonyl (C=O) groups is 1. The van der Waals surface area contributed by atoms with Gasteiger partial charge >= 0.3 is 11.7 Å². The fourth-order valence-corrected chi connectivity index (χ4v) is 3.17. The van der Waals surface area contributed by atoms with Crippen LogP contribution in [0, 0.1) is 0 Å². The van der Waals surface area contributed by atoms with Gasteiger partial charge in [0.1, 0.15) is 12.3 Å². The molecule has 10 nitrogen and oxygen atoms in total. The van der Waals surface area contributed by atoms with Crippen molar-refractivity contribution >= 4 is 11.6 Å². The molecule has 0 unspecified atom stereocenters. The Hall–Kier alpha value is -4.47. The maximum atomic E-state index is 12.8. The lowest BCUT2D eigenvalue weighted by Gasteiger charge is -1.96. The molecule has 0 aliphatic carbocycles. The van der Waals surface area contributed by atoms with Gasteiger partial charge in [-0.2, -0.15) is 4.98 Å². The normalized spacial score (nSPS) is 11.1. The molecule has 154 valence electrons. The van der Waals surface area contributed by atoms with Crippen LogP contribution in [0.5, 0.6) is 0 Å². The van der Waals surface area contributed by atoms with Crippen molar-refractivity contribution in [2.45, 2.75) is 6.54 Å². The maximum absolute atomic E-state index is 12.8. The molecule has 4 aromatic heterocycles. The van der Waals surface area contributed by atoms with E-state index in [1.807, 2.05) is 30.3 Å². The van der Waals surface area contributed by atoms with Gasteiger partial charge in [-0.15, -0.1) is 5.10 Å². The topological polar surface area (TPSA) is 118 Å². The smallest absolute Gasteiger partial charge is 0.373 e. The molecule has 5 rings (SSSR count). The number of methoxy groups -OCH3 is 1. The zero-order valence-electron chi connectivity index (χ0n) is 16.3. The minimum Gasteiger partial charge on any atom is -0.463 e. The highest BCUT2D eigenvalue weighted by molar-refractivity contribution is 5.86. The van der Waals surface area contributed by atoms with E-state index in [2.05, 4.69) is 20.0 Å². The lowest BCUT2D eigenvalue weighted by atomic mass is 10.2. The SMILES string of the molecule is COC(=O)c1ccc(Cn2nc3c(-c4nc(-c5ccccc5)no4)cccn3c2=O)o1. The van der Waals surface area contributed by atoms with E-state index in [4.69, 9.17) is 8.94 Å². The van der Waals surface area contributed by atoms with Crippen LogP contribution in [0.25, 0.3) is 28.5 Å². The molecule has 0 aliphatic rings. The molecule has 0 aliphatic heterocycles. The van der Waals surface area contributed by atoms with Crippen LogP contribution in [0.3, 0.4) is 0 Å². The molecule has 0 spiro atoms. The van der Waals surface area contributed by atoms with Gasteiger partial charge in [-0.05, 0) is 24.3 Å². The first-order chi connectivity index (χ1) is 15.1. The van der Waals surface area contributed by atoms with Crippen LogP contribution in [0.15, 0.2) is 74.5 Å². The molecule has 0 fully saturated rings. The standard InChI is InChI=1S/C21H15N5O5/c1-29-20(27)16-10-9-14(30-16)12-26-21(28)25-11-5-8-15(18(25)23-26)19-22-17(24-31-19)13-6-3-2-4-7-13/h2-11H,12H2,1H3. The number of hydrogen-bond donors (Lipinski definition) is 0. The van der Waals surface area contributed by atoms with Crippen LogP contribution in [-0.2, 0) is 11.3 Å². The van der Waals surface area contributed by atoms with Crippen LogP contribution in [0.1, 0.15) is 16.3 Å². The predicted octanol–water partition coefficient (Wildman–Crippen LogP) is 2.64. The number of ether oxygens (including phenoxy) is 1. The van der Waals surface area contributed by atoms with Crippen molar-refractivity contribution in [3.05, 3.63) is 82.8 Å². The molecule has 0 radical (unpaired) electrons. The molecule has 0 bridgehead atoms. The van der Waals surface area contributed by atoms with E-state index in [1.54, 1.807) is 24.4 Å². The van der Waals surface area contributed by atoms with Crippen LogP contribution >= 0.6 is 0 Å². The van der Waals surface area contributed by atoms with Crippen LogP contribution in [-0.4, -0.2) is 37.4 Å². The van der Waals surface area contributed by atoms with E-state index in [9.17, 15) is 9.59 Å². The average Bonchev–Trinajstić information content (AvgIpc) is 3.54. The summed E-state index contributed by atoms with van der Waals surface area (Å²) < 4.78 is 18.1. The minimum absolute atomic E-state index is 0.0377. The van der Waals surface area contributed by atoms with Gasteiger partial charge in [0.25, 0.3) is 5.89 Å². The molecule has 4 heterocycles. The Balaban J connectivity index is 1.52. The van der Waals surface area contributed by atoms with E-state index in [0.29, 0.717) is 22.8 Å². The molecule has 31 heavy (non-hydrogen) atoms. The van der Waals surface area contributed by atoms with Gasteiger partial charge in [-0.3, -0.25) is 0 Å². The number of aromatic nitrogens is 5. The van der Waals surface area contributed by atoms with Crippen molar-refractivity contribution in [3.63, 3.8) is 0 Å². The van der Waals surface area contributed by atoms with Crippen LogP contribution in [0.2, 0.25) is 0 Å². The van der Waals surface area contributed by atoms with E-state index in [1.165, 1.54) is 22.3 Å². The molecule has 1 aromatic carbocycles. The first-order valence-electron chi connectivity index (χ1n) is 9.29. The summed E-state index contributed by atoms with van der Waals surface area (Å²) in [4.78, 5) is 28.8. The molecular weight excluding hydrogens is 402 g/mol. The monoisotopic (exact) mass is 417 g/mol. The first-order valence-corrected chi connectivity index (χ1v) is 9.29. The predicted molar refractivity (Wildman–Crippen MR) is 107 cm³/mol. The number of hydrogen-bond acceptors (Lipinski definition) is 8. The lowest BCUT2D eigenvalue weighted by Crippen LogP contribution is -2.21. The summed E-state index contributed by atoms with van der Waals surface area (Å²) in [7, 11) is 1.26. The highest BCUT2D eigenvalue weighted by atomic mass is 16.5. The number of carbonyl (C=O) groups excluding carboxylic acids is 1. The van der Waals surface area contributed by atoms with E-state index >= 15 is 0 Å². The zero-order valence-corrected chi connectivity index (χ0v) is 16.3. The third kappa shape index (κ3) is 3.29. The Morgan fingerprint density at radius 3 is 2.74 bits per heavy atom. The third-order valence-electron chi connectivity index (χ3n) is 4.65. The lowest BCUT2D eigenvalue weighted by molar-refractivity contribution is 0.0562. The van der Waals surface area contributed by atoms with Gasteiger partial charge in [0.05, 0.1) is 12.7 Å². The Morgan fingerprint density at radius 1 is 1.10 bits per heavy atom. The number of pyridine rings is 1. The summed E-state index contributed by atoms with van der Waals surface area (Å²) in [6.45, 7) is 0.0377. The number of furan rings is 1. The van der Waals surface area contributed by atoms with Crippen molar-refractivity contribution in [1.82, 2.24) is 24.3 Å². The molecule has 10 heteroatoms. The molecule has 5 aromatic rings. The summed E-state index contributed by atoms with van der Waals surface area (Å²) in [5.41, 5.74) is 1.31. The number of esters is 1. The van der Waals surface area contributed by atoms with E-state index in [-0.39, 0.29) is 23.9 Å². The van der Waals surface area contributed by atoms with Crippen molar-refractivity contribution in [3.8, 4) is 22.8 Å².